The van der Waals surface area contributed by atoms with E-state index in [-0.39, 0.29) is 6.71 Å². The lowest BCUT2D eigenvalue weighted by atomic mass is 9.34. The number of hydrogen-bond donors (Lipinski definition) is 0. The third kappa shape index (κ3) is 3.03. The van der Waals surface area contributed by atoms with Gasteiger partial charge in [0.1, 0.15) is 17.2 Å². The van der Waals surface area contributed by atoms with E-state index in [1.165, 1.54) is 22.1 Å². The van der Waals surface area contributed by atoms with Gasteiger partial charge in [0.15, 0.2) is 11.5 Å². The van der Waals surface area contributed by atoms with Crippen molar-refractivity contribution in [3.05, 3.63) is 84.1 Å². The molecule has 0 N–H and O–H groups in total. The first-order valence-electron chi connectivity index (χ1n) is 11.7. The number of ether oxygens (including phenoxy) is 2. The van der Waals surface area contributed by atoms with Gasteiger partial charge in [0, 0.05) is 18.8 Å². The maximum absolute atomic E-state index is 6.38. The van der Waals surface area contributed by atoms with Crippen LogP contribution >= 0.6 is 0 Å². The van der Waals surface area contributed by atoms with Crippen molar-refractivity contribution in [2.24, 2.45) is 0 Å². The molecule has 5 heteroatoms. The molecule has 0 bridgehead atoms. The fraction of sp³-hybridized carbons (Fsp3) is 0.207. The number of benzene rings is 3. The van der Waals surface area contributed by atoms with E-state index in [1.54, 1.807) is 0 Å². The molecule has 2 aliphatic rings. The van der Waals surface area contributed by atoms with E-state index in [9.17, 15) is 0 Å². The highest BCUT2D eigenvalue weighted by molar-refractivity contribution is 6.97. The Bertz CT molecular complexity index is 1430. The van der Waals surface area contributed by atoms with Crippen molar-refractivity contribution in [1.29, 1.82) is 0 Å². The van der Waals surface area contributed by atoms with Gasteiger partial charge in [-0.2, -0.15) is 0 Å². The predicted molar refractivity (Wildman–Crippen MR) is 140 cm³/mol. The zero-order valence-electron chi connectivity index (χ0n) is 20.2. The maximum Gasteiger partial charge on any atom is 0.251 e. The minimum atomic E-state index is -0.419. The van der Waals surface area contributed by atoms with Gasteiger partial charge in [-0.25, -0.2) is 0 Å². The monoisotopic (exact) mass is 446 g/mol. The minimum absolute atomic E-state index is 0.0814. The summed E-state index contributed by atoms with van der Waals surface area (Å²) >= 11 is 0. The van der Waals surface area contributed by atoms with Crippen molar-refractivity contribution in [2.45, 2.75) is 33.4 Å². The van der Waals surface area contributed by atoms with Gasteiger partial charge in [-0.1, -0.05) is 59.1 Å². The molecule has 3 aromatic carbocycles. The number of aryl methyl sites for hydroxylation is 2. The van der Waals surface area contributed by atoms with E-state index in [0.29, 0.717) is 0 Å². The molecule has 4 aromatic rings. The summed E-state index contributed by atoms with van der Waals surface area (Å²) in [6.07, 6.45) is 1.86. The van der Waals surface area contributed by atoms with Crippen LogP contribution in [0, 0.1) is 13.8 Å². The van der Waals surface area contributed by atoms with Crippen LogP contribution in [0.25, 0.3) is 11.3 Å². The molecule has 0 saturated heterocycles. The molecule has 168 valence electrons. The number of para-hydroxylation sites is 1. The van der Waals surface area contributed by atoms with Crippen LogP contribution in [0.15, 0.2) is 72.9 Å². The van der Waals surface area contributed by atoms with E-state index in [2.05, 4.69) is 94.2 Å². The molecule has 0 radical (unpaired) electrons. The molecule has 0 amide bonds. The SMILES string of the molecule is Cc1cccc(C)c1B1c2ccccc2Oc2ccc(-c3nccc4c3OC(C)(C)N4C)cc21. The Hall–Kier alpha value is -3.73. The normalized spacial score (nSPS) is 15.2. The molecule has 4 nitrogen and oxygen atoms in total. The summed E-state index contributed by atoms with van der Waals surface area (Å²) in [4.78, 5) is 6.91. The number of rotatable bonds is 2. The van der Waals surface area contributed by atoms with Crippen LogP contribution in [0.3, 0.4) is 0 Å². The Kier molecular flexibility index (Phi) is 4.53. The summed E-state index contributed by atoms with van der Waals surface area (Å²) in [6, 6.07) is 23.3. The summed E-state index contributed by atoms with van der Waals surface area (Å²) in [7, 11) is 2.06. The van der Waals surface area contributed by atoms with Crippen LogP contribution < -0.4 is 30.8 Å². The predicted octanol–water partition coefficient (Wildman–Crippen LogP) is 4.55. The Morgan fingerprint density at radius 1 is 0.853 bits per heavy atom. The highest BCUT2D eigenvalue weighted by atomic mass is 16.5. The van der Waals surface area contributed by atoms with Gasteiger partial charge in [-0.15, -0.1) is 0 Å². The third-order valence-electron chi connectivity index (χ3n) is 7.28. The van der Waals surface area contributed by atoms with Gasteiger partial charge < -0.3 is 14.4 Å². The second kappa shape index (κ2) is 7.39. The van der Waals surface area contributed by atoms with E-state index >= 15 is 0 Å². The Balaban J connectivity index is 1.56. The molecular formula is C29H27BN2O2. The average Bonchev–Trinajstić information content (AvgIpc) is 3.06. The summed E-state index contributed by atoms with van der Waals surface area (Å²) < 4.78 is 12.8. The molecule has 1 aromatic heterocycles. The second-order valence-electron chi connectivity index (χ2n) is 9.75. The van der Waals surface area contributed by atoms with Gasteiger partial charge in [0.2, 0.25) is 0 Å². The highest BCUT2D eigenvalue weighted by Crippen LogP contribution is 2.46. The van der Waals surface area contributed by atoms with Gasteiger partial charge in [-0.3, -0.25) is 4.98 Å². The highest BCUT2D eigenvalue weighted by Gasteiger charge is 2.38. The van der Waals surface area contributed by atoms with Crippen LogP contribution in [0.2, 0.25) is 0 Å². The second-order valence-corrected chi connectivity index (χ2v) is 9.75. The van der Waals surface area contributed by atoms with Crippen molar-refractivity contribution >= 4 is 28.8 Å². The molecule has 0 unspecified atom stereocenters. The summed E-state index contributed by atoms with van der Waals surface area (Å²) in [5.41, 5.74) is 8.76. The number of fused-ring (bicyclic) bond motifs is 3. The summed E-state index contributed by atoms with van der Waals surface area (Å²) in [5, 5.41) is 0. The van der Waals surface area contributed by atoms with Crippen LogP contribution in [-0.4, -0.2) is 24.5 Å². The van der Waals surface area contributed by atoms with Crippen LogP contribution in [0.4, 0.5) is 5.69 Å². The first-order chi connectivity index (χ1) is 16.3. The standard InChI is InChI=1S/C29H27BN2O2/c1-18-9-8-10-19(2)26(18)30-21-11-6-7-12-24(21)33-25-14-13-20(17-22(25)30)27-28-23(15-16-31-27)32(5)29(3,4)34-28/h6-17H,1-5H3. The fourth-order valence-corrected chi connectivity index (χ4v) is 5.32. The van der Waals surface area contributed by atoms with Crippen molar-refractivity contribution in [1.82, 2.24) is 4.98 Å². The first kappa shape index (κ1) is 20.9. The molecule has 0 aliphatic carbocycles. The number of aromatic nitrogens is 1. The molecule has 0 atom stereocenters. The lowest BCUT2D eigenvalue weighted by Gasteiger charge is -2.29. The van der Waals surface area contributed by atoms with Crippen LogP contribution in [0.1, 0.15) is 25.0 Å². The van der Waals surface area contributed by atoms with E-state index in [1.807, 2.05) is 18.3 Å². The largest absolute Gasteiger partial charge is 0.464 e. The van der Waals surface area contributed by atoms with E-state index < -0.39 is 5.72 Å². The van der Waals surface area contributed by atoms with E-state index in [0.717, 1.165) is 39.7 Å². The van der Waals surface area contributed by atoms with Gasteiger partial charge >= 0.3 is 0 Å². The zero-order valence-corrected chi connectivity index (χ0v) is 20.2. The van der Waals surface area contributed by atoms with E-state index in [4.69, 9.17) is 14.5 Å². The third-order valence-corrected chi connectivity index (χ3v) is 7.28. The molecule has 0 fully saturated rings. The Morgan fingerprint density at radius 3 is 2.38 bits per heavy atom. The van der Waals surface area contributed by atoms with Gasteiger partial charge in [-0.05, 0) is 62.9 Å². The number of nitrogens with zero attached hydrogens (tertiary/aromatic N) is 2. The molecule has 2 aliphatic heterocycles. The average molecular weight is 446 g/mol. The molecule has 0 saturated carbocycles. The van der Waals surface area contributed by atoms with Gasteiger partial charge in [0.25, 0.3) is 6.71 Å². The van der Waals surface area contributed by atoms with Crippen LogP contribution in [0.5, 0.6) is 17.2 Å². The Labute approximate surface area is 201 Å². The molecule has 3 heterocycles. The first-order valence-corrected chi connectivity index (χ1v) is 11.7. The Morgan fingerprint density at radius 2 is 1.59 bits per heavy atom. The molecule has 34 heavy (non-hydrogen) atoms. The zero-order chi connectivity index (χ0) is 23.6. The molecular weight excluding hydrogens is 419 g/mol. The number of hydrogen-bond acceptors (Lipinski definition) is 4. The summed E-state index contributed by atoms with van der Waals surface area (Å²) in [6.45, 7) is 8.62. The molecule has 6 rings (SSSR count). The van der Waals surface area contributed by atoms with Crippen molar-refractivity contribution in [3.8, 4) is 28.5 Å². The summed E-state index contributed by atoms with van der Waals surface area (Å²) in [5.74, 6) is 2.64. The van der Waals surface area contributed by atoms with Gasteiger partial charge in [0.05, 0.1) is 5.69 Å². The lowest BCUT2D eigenvalue weighted by Crippen LogP contribution is -2.56. The quantitative estimate of drug-likeness (QED) is 0.373. The number of anilines is 1. The smallest absolute Gasteiger partial charge is 0.251 e. The van der Waals surface area contributed by atoms with Crippen molar-refractivity contribution in [3.63, 3.8) is 0 Å². The van der Waals surface area contributed by atoms with Crippen LogP contribution in [-0.2, 0) is 0 Å². The molecule has 0 spiro atoms. The van der Waals surface area contributed by atoms with Crippen molar-refractivity contribution in [2.75, 3.05) is 11.9 Å². The minimum Gasteiger partial charge on any atom is -0.464 e. The topological polar surface area (TPSA) is 34.6 Å². The maximum atomic E-state index is 6.38. The lowest BCUT2D eigenvalue weighted by molar-refractivity contribution is 0.136. The van der Waals surface area contributed by atoms with Crippen molar-refractivity contribution < 1.29 is 9.47 Å². The number of pyridine rings is 1. The fourth-order valence-electron chi connectivity index (χ4n) is 5.32.